The van der Waals surface area contributed by atoms with Crippen LogP contribution >= 0.6 is 0 Å². The van der Waals surface area contributed by atoms with E-state index >= 15 is 0 Å². The summed E-state index contributed by atoms with van der Waals surface area (Å²) in [7, 11) is 0. The zero-order valence-corrected chi connectivity index (χ0v) is 12.7. The molecule has 1 saturated heterocycles. The van der Waals surface area contributed by atoms with Gasteiger partial charge in [0, 0.05) is 5.56 Å². The summed E-state index contributed by atoms with van der Waals surface area (Å²) in [5.74, 6) is 0.535. The molecule has 5 heteroatoms. The topological polar surface area (TPSA) is 66.6 Å². The molecule has 116 valence electrons. The third-order valence-corrected chi connectivity index (χ3v) is 4.13. The van der Waals surface area contributed by atoms with Crippen LogP contribution in [0, 0.1) is 6.92 Å². The Balaban J connectivity index is 1.73. The molecule has 0 amide bonds. The summed E-state index contributed by atoms with van der Waals surface area (Å²) in [6.07, 6.45) is 4.39. The van der Waals surface area contributed by atoms with E-state index < -0.39 is 12.0 Å². The minimum Gasteiger partial charge on any atom is -0.480 e. The van der Waals surface area contributed by atoms with E-state index in [1.807, 2.05) is 36.1 Å². The highest BCUT2D eigenvalue weighted by Crippen LogP contribution is 2.24. The van der Waals surface area contributed by atoms with Gasteiger partial charge in [0.05, 0.1) is 12.7 Å². The number of rotatable bonds is 4. The van der Waals surface area contributed by atoms with E-state index in [-0.39, 0.29) is 0 Å². The SMILES string of the molecule is Cc1ccc(-c2cnc(CN3CCCCC3C(=O)O)o2)cc1. The third kappa shape index (κ3) is 3.20. The lowest BCUT2D eigenvalue weighted by Gasteiger charge is -2.31. The number of aromatic nitrogens is 1. The Morgan fingerprint density at radius 1 is 1.36 bits per heavy atom. The number of likely N-dealkylation sites (tertiary alicyclic amines) is 1. The summed E-state index contributed by atoms with van der Waals surface area (Å²) >= 11 is 0. The van der Waals surface area contributed by atoms with Crippen LogP contribution in [0.3, 0.4) is 0 Å². The van der Waals surface area contributed by atoms with Crippen LogP contribution < -0.4 is 0 Å². The van der Waals surface area contributed by atoms with E-state index in [1.165, 1.54) is 5.56 Å². The van der Waals surface area contributed by atoms with Crippen LogP contribution in [0.1, 0.15) is 30.7 Å². The van der Waals surface area contributed by atoms with Gasteiger partial charge in [-0.25, -0.2) is 4.98 Å². The smallest absolute Gasteiger partial charge is 0.320 e. The van der Waals surface area contributed by atoms with Gasteiger partial charge in [-0.1, -0.05) is 36.2 Å². The summed E-state index contributed by atoms with van der Waals surface area (Å²) < 4.78 is 5.79. The molecule has 3 rings (SSSR count). The number of hydrogen-bond donors (Lipinski definition) is 1. The van der Waals surface area contributed by atoms with E-state index in [0.29, 0.717) is 18.9 Å². The molecule has 2 heterocycles. The first kappa shape index (κ1) is 14.8. The predicted molar refractivity (Wildman–Crippen MR) is 82.4 cm³/mol. The van der Waals surface area contributed by atoms with Gasteiger partial charge in [0.25, 0.3) is 0 Å². The number of carbonyl (C=O) groups is 1. The monoisotopic (exact) mass is 300 g/mol. The van der Waals surface area contributed by atoms with Crippen LogP contribution in [0.15, 0.2) is 34.9 Å². The Morgan fingerprint density at radius 2 is 2.14 bits per heavy atom. The Labute approximate surface area is 129 Å². The molecule has 0 bridgehead atoms. The van der Waals surface area contributed by atoms with Gasteiger partial charge in [0.15, 0.2) is 5.76 Å². The molecule has 2 aromatic rings. The number of hydrogen-bond acceptors (Lipinski definition) is 4. The van der Waals surface area contributed by atoms with Crippen LogP contribution in [0.4, 0.5) is 0 Å². The predicted octanol–water partition coefficient (Wildman–Crippen LogP) is 3.09. The maximum atomic E-state index is 11.3. The molecule has 1 N–H and O–H groups in total. The lowest BCUT2D eigenvalue weighted by Crippen LogP contribution is -2.44. The fraction of sp³-hybridized carbons (Fsp3) is 0.412. The summed E-state index contributed by atoms with van der Waals surface area (Å²) in [5, 5.41) is 9.30. The van der Waals surface area contributed by atoms with Crippen molar-refractivity contribution in [3.63, 3.8) is 0 Å². The number of aliphatic carboxylic acids is 1. The Bertz CT molecular complexity index is 648. The van der Waals surface area contributed by atoms with Crippen molar-refractivity contribution in [3.05, 3.63) is 41.9 Å². The molecule has 1 aliphatic heterocycles. The number of aryl methyl sites for hydroxylation is 1. The van der Waals surface area contributed by atoms with Gasteiger partial charge in [-0.3, -0.25) is 9.69 Å². The van der Waals surface area contributed by atoms with Crippen LogP contribution in [0.2, 0.25) is 0 Å². The molecule has 1 aliphatic rings. The molecule has 1 unspecified atom stereocenters. The highest BCUT2D eigenvalue weighted by Gasteiger charge is 2.29. The maximum Gasteiger partial charge on any atom is 0.320 e. The lowest BCUT2D eigenvalue weighted by atomic mass is 10.0. The summed E-state index contributed by atoms with van der Waals surface area (Å²) in [4.78, 5) is 17.6. The molecule has 0 aliphatic carbocycles. The quantitative estimate of drug-likeness (QED) is 0.940. The summed E-state index contributed by atoms with van der Waals surface area (Å²) in [6.45, 7) is 3.26. The highest BCUT2D eigenvalue weighted by molar-refractivity contribution is 5.73. The first-order valence-electron chi connectivity index (χ1n) is 7.62. The average molecular weight is 300 g/mol. The Hall–Kier alpha value is -2.14. The van der Waals surface area contributed by atoms with Gasteiger partial charge in [-0.2, -0.15) is 0 Å². The molecule has 22 heavy (non-hydrogen) atoms. The van der Waals surface area contributed by atoms with E-state index in [1.54, 1.807) is 6.20 Å². The molecule has 0 saturated carbocycles. The summed E-state index contributed by atoms with van der Waals surface area (Å²) in [5.41, 5.74) is 2.18. The van der Waals surface area contributed by atoms with Gasteiger partial charge < -0.3 is 9.52 Å². The van der Waals surface area contributed by atoms with Crippen LogP contribution in [-0.2, 0) is 11.3 Å². The number of benzene rings is 1. The van der Waals surface area contributed by atoms with E-state index in [0.717, 1.165) is 30.7 Å². The number of carboxylic acids is 1. The zero-order valence-electron chi connectivity index (χ0n) is 12.7. The number of piperidine rings is 1. The zero-order chi connectivity index (χ0) is 15.5. The van der Waals surface area contributed by atoms with Crippen molar-refractivity contribution in [1.82, 2.24) is 9.88 Å². The average Bonchev–Trinajstić information content (AvgIpc) is 2.97. The van der Waals surface area contributed by atoms with Crippen LogP contribution in [-0.4, -0.2) is 33.5 Å². The molecule has 1 atom stereocenters. The van der Waals surface area contributed by atoms with Crippen molar-refractivity contribution in [2.45, 2.75) is 38.8 Å². The Kier molecular flexibility index (Phi) is 4.24. The maximum absolute atomic E-state index is 11.3. The largest absolute Gasteiger partial charge is 0.480 e. The van der Waals surface area contributed by atoms with Crippen LogP contribution in [0.5, 0.6) is 0 Å². The van der Waals surface area contributed by atoms with E-state index in [9.17, 15) is 9.90 Å². The number of oxazole rings is 1. The second-order valence-corrected chi connectivity index (χ2v) is 5.80. The number of nitrogens with zero attached hydrogens (tertiary/aromatic N) is 2. The van der Waals surface area contributed by atoms with Gasteiger partial charge >= 0.3 is 5.97 Å². The van der Waals surface area contributed by atoms with Crippen LogP contribution in [0.25, 0.3) is 11.3 Å². The third-order valence-electron chi connectivity index (χ3n) is 4.13. The summed E-state index contributed by atoms with van der Waals surface area (Å²) in [6, 6.07) is 7.63. The molecular weight excluding hydrogens is 280 g/mol. The molecular formula is C17H20N2O3. The molecule has 0 spiro atoms. The second-order valence-electron chi connectivity index (χ2n) is 5.80. The fourth-order valence-corrected chi connectivity index (χ4v) is 2.87. The van der Waals surface area contributed by atoms with E-state index in [2.05, 4.69) is 4.98 Å². The normalized spacial score (nSPS) is 19.2. The van der Waals surface area contributed by atoms with Crippen molar-refractivity contribution < 1.29 is 14.3 Å². The van der Waals surface area contributed by atoms with Crippen molar-refractivity contribution in [3.8, 4) is 11.3 Å². The highest BCUT2D eigenvalue weighted by atomic mass is 16.4. The van der Waals surface area contributed by atoms with Crippen molar-refractivity contribution in [2.24, 2.45) is 0 Å². The van der Waals surface area contributed by atoms with E-state index in [4.69, 9.17) is 4.42 Å². The molecule has 1 aromatic heterocycles. The molecule has 0 radical (unpaired) electrons. The first-order chi connectivity index (χ1) is 10.6. The molecule has 1 fully saturated rings. The standard InChI is InChI=1S/C17H20N2O3/c1-12-5-7-13(8-6-12)15-10-18-16(22-15)11-19-9-3-2-4-14(19)17(20)21/h5-8,10,14H,2-4,9,11H2,1H3,(H,20,21). The Morgan fingerprint density at radius 3 is 2.86 bits per heavy atom. The first-order valence-corrected chi connectivity index (χ1v) is 7.62. The van der Waals surface area contributed by atoms with Crippen molar-refractivity contribution >= 4 is 5.97 Å². The fourth-order valence-electron chi connectivity index (χ4n) is 2.87. The molecule has 1 aromatic carbocycles. The van der Waals surface area contributed by atoms with Gasteiger partial charge in [0.2, 0.25) is 5.89 Å². The minimum absolute atomic E-state index is 0.427. The number of carboxylic acid groups (broad SMARTS) is 1. The lowest BCUT2D eigenvalue weighted by molar-refractivity contribution is -0.145. The minimum atomic E-state index is -0.759. The van der Waals surface area contributed by atoms with Crippen molar-refractivity contribution in [2.75, 3.05) is 6.54 Å². The molecule has 5 nitrogen and oxygen atoms in total. The van der Waals surface area contributed by atoms with Gasteiger partial charge in [-0.15, -0.1) is 0 Å². The van der Waals surface area contributed by atoms with Gasteiger partial charge in [-0.05, 0) is 26.3 Å². The second kappa shape index (κ2) is 6.32. The van der Waals surface area contributed by atoms with Crippen molar-refractivity contribution in [1.29, 1.82) is 0 Å². The van der Waals surface area contributed by atoms with Gasteiger partial charge in [0.1, 0.15) is 6.04 Å².